The summed E-state index contributed by atoms with van der Waals surface area (Å²) in [6.07, 6.45) is -0.0603. The molecule has 2 aromatic rings. The summed E-state index contributed by atoms with van der Waals surface area (Å²) in [5.74, 6) is -0.276. The van der Waals surface area contributed by atoms with Gasteiger partial charge in [-0.3, -0.25) is 4.79 Å². The Balaban J connectivity index is 2.58. The molecule has 0 aliphatic rings. The smallest absolute Gasteiger partial charge is 0.307 e. The van der Waals surface area contributed by atoms with Crippen LogP contribution in [0.1, 0.15) is 5.56 Å². The molecule has 0 aliphatic heterocycles. The topological polar surface area (TPSA) is 46.5 Å². The van der Waals surface area contributed by atoms with Crippen molar-refractivity contribution in [2.45, 2.75) is 6.42 Å². The highest BCUT2D eigenvalue weighted by atomic mass is 35.5. The molecular formula is C15H12Cl2O3. The van der Waals surface area contributed by atoms with Gasteiger partial charge in [-0.2, -0.15) is 0 Å². The van der Waals surface area contributed by atoms with E-state index in [4.69, 9.17) is 33.0 Å². The summed E-state index contributed by atoms with van der Waals surface area (Å²) in [4.78, 5) is 10.8. The number of aliphatic carboxylic acids is 1. The van der Waals surface area contributed by atoms with Crippen molar-refractivity contribution in [2.24, 2.45) is 0 Å². The summed E-state index contributed by atoms with van der Waals surface area (Å²) in [6, 6.07) is 10.5. The van der Waals surface area contributed by atoms with Crippen molar-refractivity contribution in [2.75, 3.05) is 7.11 Å². The lowest BCUT2D eigenvalue weighted by molar-refractivity contribution is -0.136. The normalized spacial score (nSPS) is 10.3. The highest BCUT2D eigenvalue weighted by Gasteiger charge is 2.13. The highest BCUT2D eigenvalue weighted by Crippen LogP contribution is 2.38. The number of ether oxygens (including phenoxy) is 1. The molecule has 2 rings (SSSR count). The van der Waals surface area contributed by atoms with E-state index in [9.17, 15) is 4.79 Å². The largest absolute Gasteiger partial charge is 0.496 e. The fourth-order valence-electron chi connectivity index (χ4n) is 1.96. The Labute approximate surface area is 126 Å². The van der Waals surface area contributed by atoms with E-state index < -0.39 is 5.97 Å². The third-order valence-electron chi connectivity index (χ3n) is 2.86. The number of carboxylic acid groups (broad SMARTS) is 1. The van der Waals surface area contributed by atoms with E-state index in [-0.39, 0.29) is 6.42 Å². The SMILES string of the molecule is COc1ccc(CC(=O)O)cc1-c1cccc(Cl)c1Cl. The number of hydrogen-bond donors (Lipinski definition) is 1. The van der Waals surface area contributed by atoms with Gasteiger partial charge in [0.25, 0.3) is 0 Å². The molecule has 0 aromatic heterocycles. The first-order chi connectivity index (χ1) is 9.52. The molecule has 0 fully saturated rings. The third-order valence-corrected chi connectivity index (χ3v) is 3.68. The van der Waals surface area contributed by atoms with Gasteiger partial charge in [0.15, 0.2) is 0 Å². The number of carbonyl (C=O) groups is 1. The molecule has 0 atom stereocenters. The summed E-state index contributed by atoms with van der Waals surface area (Å²) < 4.78 is 5.31. The van der Waals surface area contributed by atoms with Crippen molar-refractivity contribution in [1.82, 2.24) is 0 Å². The Hall–Kier alpha value is -1.71. The van der Waals surface area contributed by atoms with E-state index in [2.05, 4.69) is 0 Å². The van der Waals surface area contributed by atoms with Crippen molar-refractivity contribution in [3.63, 3.8) is 0 Å². The van der Waals surface area contributed by atoms with Crippen LogP contribution >= 0.6 is 23.2 Å². The molecular weight excluding hydrogens is 299 g/mol. The van der Waals surface area contributed by atoms with Crippen LogP contribution in [-0.2, 0) is 11.2 Å². The van der Waals surface area contributed by atoms with Crippen molar-refractivity contribution in [3.05, 3.63) is 52.0 Å². The lowest BCUT2D eigenvalue weighted by Crippen LogP contribution is -2.00. The molecule has 2 aromatic carbocycles. The molecule has 20 heavy (non-hydrogen) atoms. The predicted octanol–water partition coefficient (Wildman–Crippen LogP) is 4.30. The zero-order valence-corrected chi connectivity index (χ0v) is 12.2. The number of methoxy groups -OCH3 is 1. The molecule has 0 amide bonds. The lowest BCUT2D eigenvalue weighted by atomic mass is 10.0. The molecule has 0 aliphatic carbocycles. The van der Waals surface area contributed by atoms with Crippen molar-refractivity contribution >= 4 is 29.2 Å². The Bertz CT molecular complexity index is 654. The van der Waals surface area contributed by atoms with E-state index >= 15 is 0 Å². The quantitative estimate of drug-likeness (QED) is 0.916. The second-order valence-electron chi connectivity index (χ2n) is 4.21. The molecule has 104 valence electrons. The highest BCUT2D eigenvalue weighted by molar-refractivity contribution is 6.43. The fourth-order valence-corrected chi connectivity index (χ4v) is 2.36. The summed E-state index contributed by atoms with van der Waals surface area (Å²) in [5.41, 5.74) is 2.10. The number of halogens is 2. The Morgan fingerprint density at radius 3 is 2.60 bits per heavy atom. The van der Waals surface area contributed by atoms with Gasteiger partial charge in [0.1, 0.15) is 5.75 Å². The van der Waals surface area contributed by atoms with Gasteiger partial charge in [-0.15, -0.1) is 0 Å². The van der Waals surface area contributed by atoms with Crippen molar-refractivity contribution < 1.29 is 14.6 Å². The van der Waals surface area contributed by atoms with Crippen LogP contribution in [-0.4, -0.2) is 18.2 Å². The minimum absolute atomic E-state index is 0.0603. The molecule has 0 saturated carbocycles. The van der Waals surface area contributed by atoms with E-state index in [1.54, 1.807) is 37.4 Å². The third kappa shape index (κ3) is 3.06. The minimum atomic E-state index is -0.890. The average molecular weight is 311 g/mol. The van der Waals surface area contributed by atoms with E-state index in [0.717, 1.165) is 5.56 Å². The molecule has 0 spiro atoms. The fraction of sp³-hybridized carbons (Fsp3) is 0.133. The van der Waals surface area contributed by atoms with Crippen LogP contribution in [0, 0.1) is 0 Å². The van der Waals surface area contributed by atoms with Crippen LogP contribution in [0.15, 0.2) is 36.4 Å². The maximum absolute atomic E-state index is 10.8. The Morgan fingerprint density at radius 1 is 1.20 bits per heavy atom. The summed E-state index contributed by atoms with van der Waals surface area (Å²) in [7, 11) is 1.55. The van der Waals surface area contributed by atoms with Crippen LogP contribution in [0.5, 0.6) is 5.75 Å². The monoisotopic (exact) mass is 310 g/mol. The average Bonchev–Trinajstić information content (AvgIpc) is 2.41. The first-order valence-corrected chi connectivity index (χ1v) is 6.61. The summed E-state index contributed by atoms with van der Waals surface area (Å²) >= 11 is 12.2. The molecule has 0 heterocycles. The second kappa shape index (κ2) is 6.16. The van der Waals surface area contributed by atoms with Crippen molar-refractivity contribution in [3.8, 4) is 16.9 Å². The number of hydrogen-bond acceptors (Lipinski definition) is 2. The van der Waals surface area contributed by atoms with Gasteiger partial charge in [0.05, 0.1) is 23.6 Å². The molecule has 1 N–H and O–H groups in total. The van der Waals surface area contributed by atoms with Gasteiger partial charge in [-0.25, -0.2) is 0 Å². The Morgan fingerprint density at radius 2 is 1.95 bits per heavy atom. The van der Waals surface area contributed by atoms with Gasteiger partial charge < -0.3 is 9.84 Å². The van der Waals surface area contributed by atoms with E-state index in [1.807, 2.05) is 6.07 Å². The van der Waals surface area contributed by atoms with Crippen LogP contribution < -0.4 is 4.74 Å². The number of carboxylic acids is 1. The number of rotatable bonds is 4. The zero-order valence-electron chi connectivity index (χ0n) is 10.7. The zero-order chi connectivity index (χ0) is 14.7. The van der Waals surface area contributed by atoms with E-state index in [0.29, 0.717) is 26.9 Å². The Kier molecular flexibility index (Phi) is 4.53. The standard InChI is InChI=1S/C15H12Cl2O3/c1-20-13-6-5-9(8-14(18)19)7-11(13)10-3-2-4-12(16)15(10)17/h2-7H,8H2,1H3,(H,18,19). The van der Waals surface area contributed by atoms with Crippen LogP contribution in [0.4, 0.5) is 0 Å². The van der Waals surface area contributed by atoms with Crippen molar-refractivity contribution in [1.29, 1.82) is 0 Å². The maximum atomic E-state index is 10.8. The van der Waals surface area contributed by atoms with Gasteiger partial charge in [0.2, 0.25) is 0 Å². The van der Waals surface area contributed by atoms with E-state index in [1.165, 1.54) is 0 Å². The first kappa shape index (κ1) is 14.7. The second-order valence-corrected chi connectivity index (χ2v) is 4.99. The lowest BCUT2D eigenvalue weighted by Gasteiger charge is -2.12. The number of benzene rings is 2. The molecule has 0 bridgehead atoms. The molecule has 0 radical (unpaired) electrons. The maximum Gasteiger partial charge on any atom is 0.307 e. The molecule has 3 nitrogen and oxygen atoms in total. The minimum Gasteiger partial charge on any atom is -0.496 e. The summed E-state index contributed by atoms with van der Waals surface area (Å²) in [5, 5.41) is 9.73. The first-order valence-electron chi connectivity index (χ1n) is 5.86. The van der Waals surface area contributed by atoms with Gasteiger partial charge in [-0.1, -0.05) is 41.4 Å². The van der Waals surface area contributed by atoms with Gasteiger partial charge in [0, 0.05) is 11.1 Å². The van der Waals surface area contributed by atoms with Gasteiger partial charge in [-0.05, 0) is 23.8 Å². The van der Waals surface area contributed by atoms with Crippen LogP contribution in [0.2, 0.25) is 10.0 Å². The predicted molar refractivity (Wildman–Crippen MR) is 79.8 cm³/mol. The van der Waals surface area contributed by atoms with Crippen LogP contribution in [0.3, 0.4) is 0 Å². The molecule has 5 heteroatoms. The molecule has 0 saturated heterocycles. The van der Waals surface area contributed by atoms with Crippen LogP contribution in [0.25, 0.3) is 11.1 Å². The van der Waals surface area contributed by atoms with Gasteiger partial charge >= 0.3 is 5.97 Å². The molecule has 0 unspecified atom stereocenters. The summed E-state index contributed by atoms with van der Waals surface area (Å²) in [6.45, 7) is 0.